The maximum absolute atomic E-state index is 12.6. The highest BCUT2D eigenvalue weighted by molar-refractivity contribution is 5.94. The van der Waals surface area contributed by atoms with E-state index in [2.05, 4.69) is 10.2 Å². The smallest absolute Gasteiger partial charge is 0.257 e. The molecule has 0 bridgehead atoms. The van der Waals surface area contributed by atoms with Crippen molar-refractivity contribution < 1.29 is 14.0 Å². The molecule has 0 saturated carbocycles. The Morgan fingerprint density at radius 2 is 2.04 bits per heavy atom. The summed E-state index contributed by atoms with van der Waals surface area (Å²) in [5.41, 5.74) is 0.622. The second-order valence-corrected chi connectivity index (χ2v) is 7.66. The lowest BCUT2D eigenvalue weighted by atomic mass is 9.82. The molecule has 3 aliphatic rings. The van der Waals surface area contributed by atoms with Crippen molar-refractivity contribution in [3.8, 4) is 0 Å². The minimum atomic E-state index is 0. The third-order valence-corrected chi connectivity index (χ3v) is 6.11. The van der Waals surface area contributed by atoms with Crippen molar-refractivity contribution >= 4 is 24.2 Å². The maximum Gasteiger partial charge on any atom is 0.257 e. The summed E-state index contributed by atoms with van der Waals surface area (Å²) in [5, 5.41) is 3.40. The van der Waals surface area contributed by atoms with Crippen LogP contribution in [0.2, 0.25) is 0 Å². The number of rotatable bonds is 3. The molecule has 144 valence electrons. The topological polar surface area (TPSA) is 65.8 Å². The van der Waals surface area contributed by atoms with Gasteiger partial charge >= 0.3 is 0 Å². The van der Waals surface area contributed by atoms with Gasteiger partial charge in [-0.3, -0.25) is 9.59 Å². The molecule has 2 amide bonds. The van der Waals surface area contributed by atoms with Crippen molar-refractivity contribution in [2.24, 2.45) is 11.8 Å². The molecule has 1 aromatic heterocycles. The normalized spacial score (nSPS) is 27.0. The van der Waals surface area contributed by atoms with Crippen molar-refractivity contribution in [3.63, 3.8) is 0 Å². The van der Waals surface area contributed by atoms with Crippen LogP contribution in [0.1, 0.15) is 42.5 Å². The van der Waals surface area contributed by atoms with Crippen molar-refractivity contribution in [1.29, 1.82) is 0 Å². The van der Waals surface area contributed by atoms with Crippen LogP contribution in [0.15, 0.2) is 23.0 Å². The molecular weight excluding hydrogens is 354 g/mol. The average molecular weight is 382 g/mol. The Hall–Kier alpha value is -1.53. The van der Waals surface area contributed by atoms with Gasteiger partial charge in [0, 0.05) is 32.1 Å². The summed E-state index contributed by atoms with van der Waals surface area (Å²) >= 11 is 0. The number of fused-ring (bicyclic) bond motifs is 1. The first-order valence-electron chi connectivity index (χ1n) is 9.54. The molecule has 7 heteroatoms. The fraction of sp³-hybridized carbons (Fsp3) is 0.684. The van der Waals surface area contributed by atoms with Gasteiger partial charge in [-0.1, -0.05) is 0 Å². The fourth-order valence-electron chi connectivity index (χ4n) is 4.68. The van der Waals surface area contributed by atoms with Gasteiger partial charge in [0.1, 0.15) is 6.26 Å². The minimum absolute atomic E-state index is 0. The third kappa shape index (κ3) is 3.91. The number of piperidine rings is 3. The summed E-state index contributed by atoms with van der Waals surface area (Å²) in [6, 6.07) is 2.03. The van der Waals surface area contributed by atoms with Crippen LogP contribution in [-0.4, -0.2) is 60.4 Å². The zero-order chi connectivity index (χ0) is 17.2. The number of carbonyl (C=O) groups is 2. The lowest BCUT2D eigenvalue weighted by molar-refractivity contribution is -0.141. The van der Waals surface area contributed by atoms with E-state index in [1.165, 1.54) is 6.26 Å². The first kappa shape index (κ1) is 19.2. The van der Waals surface area contributed by atoms with Crippen molar-refractivity contribution in [2.75, 3.05) is 32.7 Å². The molecule has 0 aromatic carbocycles. The van der Waals surface area contributed by atoms with E-state index >= 15 is 0 Å². The van der Waals surface area contributed by atoms with Crippen molar-refractivity contribution in [2.45, 2.75) is 38.1 Å². The van der Waals surface area contributed by atoms with E-state index in [9.17, 15) is 9.59 Å². The SMILES string of the molecule is Cl.O=C(c1ccoc1)N1CC[C@@H]2[C@@H](CCC(=O)N2CC2CCNCC2)C1. The monoisotopic (exact) mass is 381 g/mol. The number of hydrogen-bond donors (Lipinski definition) is 1. The van der Waals surface area contributed by atoms with Gasteiger partial charge in [-0.15, -0.1) is 12.4 Å². The zero-order valence-electron chi connectivity index (χ0n) is 15.1. The predicted molar refractivity (Wildman–Crippen MR) is 100 cm³/mol. The molecule has 0 unspecified atom stereocenters. The molecule has 6 nitrogen and oxygen atoms in total. The van der Waals surface area contributed by atoms with E-state index in [4.69, 9.17) is 4.42 Å². The van der Waals surface area contributed by atoms with E-state index in [1.54, 1.807) is 12.3 Å². The van der Waals surface area contributed by atoms with Crippen LogP contribution in [0, 0.1) is 11.8 Å². The fourth-order valence-corrected chi connectivity index (χ4v) is 4.68. The van der Waals surface area contributed by atoms with Crippen LogP contribution in [0.3, 0.4) is 0 Å². The molecule has 4 rings (SSSR count). The molecule has 0 aliphatic carbocycles. The van der Waals surface area contributed by atoms with Crippen LogP contribution in [0.5, 0.6) is 0 Å². The first-order valence-corrected chi connectivity index (χ1v) is 9.54. The highest BCUT2D eigenvalue weighted by Crippen LogP contribution is 2.33. The Morgan fingerprint density at radius 1 is 1.23 bits per heavy atom. The van der Waals surface area contributed by atoms with Crippen LogP contribution in [0.4, 0.5) is 0 Å². The lowest BCUT2D eigenvalue weighted by Gasteiger charge is -2.48. The standard InChI is InChI=1S/C19H27N3O3.ClH/c23-18-2-1-15-12-21(19(24)16-6-10-25-13-16)9-5-17(15)22(18)11-14-3-7-20-8-4-14;/h6,10,13-15,17,20H,1-5,7-9,11-12H2;1H/t15-,17+;/m0./s1. The van der Waals surface area contributed by atoms with Crippen LogP contribution in [-0.2, 0) is 4.79 Å². The van der Waals surface area contributed by atoms with E-state index in [-0.39, 0.29) is 18.3 Å². The van der Waals surface area contributed by atoms with Crippen LogP contribution in [0.25, 0.3) is 0 Å². The zero-order valence-corrected chi connectivity index (χ0v) is 15.9. The largest absolute Gasteiger partial charge is 0.472 e. The van der Waals surface area contributed by atoms with Gasteiger partial charge in [0.05, 0.1) is 11.8 Å². The number of nitrogens with one attached hydrogen (secondary N) is 1. The number of hydrogen-bond acceptors (Lipinski definition) is 4. The lowest BCUT2D eigenvalue weighted by Crippen LogP contribution is -2.58. The molecule has 3 fully saturated rings. The molecule has 3 aliphatic heterocycles. The Kier molecular flexibility index (Phi) is 6.24. The Bertz CT molecular complexity index is 616. The van der Waals surface area contributed by atoms with Gasteiger partial charge in [-0.05, 0) is 56.7 Å². The van der Waals surface area contributed by atoms with Gasteiger partial charge in [0.25, 0.3) is 5.91 Å². The Balaban J connectivity index is 0.00000196. The van der Waals surface area contributed by atoms with E-state index < -0.39 is 0 Å². The molecule has 0 radical (unpaired) electrons. The van der Waals surface area contributed by atoms with Gasteiger partial charge in [-0.25, -0.2) is 0 Å². The first-order chi connectivity index (χ1) is 12.2. The summed E-state index contributed by atoms with van der Waals surface area (Å²) in [6.07, 6.45) is 7.80. The van der Waals surface area contributed by atoms with E-state index in [0.717, 1.165) is 58.4 Å². The number of amides is 2. The Labute approximate surface area is 160 Å². The molecular formula is C19H28ClN3O3. The van der Waals surface area contributed by atoms with Crippen molar-refractivity contribution in [3.05, 3.63) is 24.2 Å². The van der Waals surface area contributed by atoms with Gasteiger partial charge in [0.15, 0.2) is 0 Å². The van der Waals surface area contributed by atoms with Gasteiger partial charge in [0.2, 0.25) is 5.91 Å². The van der Waals surface area contributed by atoms with Crippen LogP contribution < -0.4 is 5.32 Å². The molecule has 4 heterocycles. The van der Waals surface area contributed by atoms with Gasteiger partial charge in [-0.2, -0.15) is 0 Å². The second-order valence-electron chi connectivity index (χ2n) is 7.66. The summed E-state index contributed by atoms with van der Waals surface area (Å²) in [4.78, 5) is 29.2. The minimum Gasteiger partial charge on any atom is -0.472 e. The number of nitrogens with zero attached hydrogens (tertiary/aromatic N) is 2. The molecule has 2 atom stereocenters. The number of halogens is 1. The quantitative estimate of drug-likeness (QED) is 0.871. The number of carbonyl (C=O) groups excluding carboxylic acids is 2. The van der Waals surface area contributed by atoms with Crippen molar-refractivity contribution in [1.82, 2.24) is 15.1 Å². The Morgan fingerprint density at radius 3 is 2.77 bits per heavy atom. The summed E-state index contributed by atoms with van der Waals surface area (Å²) in [6.45, 7) is 4.50. The summed E-state index contributed by atoms with van der Waals surface area (Å²) in [5.74, 6) is 1.39. The van der Waals surface area contributed by atoms with Gasteiger partial charge < -0.3 is 19.5 Å². The molecule has 1 N–H and O–H groups in total. The average Bonchev–Trinajstić information content (AvgIpc) is 3.19. The third-order valence-electron chi connectivity index (χ3n) is 6.11. The number of likely N-dealkylation sites (tertiary alicyclic amines) is 2. The highest BCUT2D eigenvalue weighted by Gasteiger charge is 2.41. The van der Waals surface area contributed by atoms with E-state index in [1.807, 2.05) is 4.90 Å². The maximum atomic E-state index is 12.6. The molecule has 3 saturated heterocycles. The molecule has 1 aromatic rings. The number of furan rings is 1. The molecule has 26 heavy (non-hydrogen) atoms. The van der Waals surface area contributed by atoms with E-state index in [0.29, 0.717) is 35.8 Å². The summed E-state index contributed by atoms with van der Waals surface area (Å²) in [7, 11) is 0. The molecule has 0 spiro atoms. The summed E-state index contributed by atoms with van der Waals surface area (Å²) < 4.78 is 5.04. The van der Waals surface area contributed by atoms with Crippen LogP contribution >= 0.6 is 12.4 Å². The predicted octanol–water partition coefficient (Wildman–Crippen LogP) is 2.15. The highest BCUT2D eigenvalue weighted by atomic mass is 35.5. The second kappa shape index (κ2) is 8.44.